The van der Waals surface area contributed by atoms with Crippen LogP contribution in [0.5, 0.6) is 0 Å². The summed E-state index contributed by atoms with van der Waals surface area (Å²) in [5.41, 5.74) is 0.249. The molecule has 1 aliphatic heterocycles. The molecule has 0 bridgehead atoms. The van der Waals surface area contributed by atoms with E-state index in [1.165, 1.54) is 12.3 Å². The van der Waals surface area contributed by atoms with E-state index < -0.39 is 5.82 Å². The molecule has 1 fully saturated rings. The fraction of sp³-hybridized carbons (Fsp3) is 0.455. The van der Waals surface area contributed by atoms with Crippen LogP contribution in [0.2, 0.25) is 0 Å². The van der Waals surface area contributed by atoms with E-state index in [1.807, 2.05) is 0 Å². The van der Waals surface area contributed by atoms with E-state index in [2.05, 4.69) is 10.3 Å². The zero-order valence-electron chi connectivity index (χ0n) is 8.78. The third-order valence-electron chi connectivity index (χ3n) is 2.54. The topological polar surface area (TPSA) is 51.2 Å². The first-order valence-electron chi connectivity index (χ1n) is 5.22. The van der Waals surface area contributed by atoms with Crippen molar-refractivity contribution in [3.05, 3.63) is 29.8 Å². The third-order valence-corrected chi connectivity index (χ3v) is 2.54. The molecule has 1 N–H and O–H groups in total. The zero-order valence-corrected chi connectivity index (χ0v) is 8.78. The number of amides is 1. The fourth-order valence-electron chi connectivity index (χ4n) is 1.62. The Kier molecular flexibility index (Phi) is 3.46. The highest BCUT2D eigenvalue weighted by atomic mass is 19.1. The number of carbonyl (C=O) groups excluding carboxylic acids is 1. The molecule has 0 aromatic carbocycles. The summed E-state index contributed by atoms with van der Waals surface area (Å²) in [7, 11) is 0. The summed E-state index contributed by atoms with van der Waals surface area (Å²) in [6.45, 7) is 2.00. The molecule has 0 spiro atoms. The SMILES string of the molecule is O=C(NC[C@H]1CCOC1)c1cncc(F)c1. The van der Waals surface area contributed by atoms with Crippen LogP contribution in [-0.2, 0) is 4.74 Å². The molecule has 0 aliphatic carbocycles. The van der Waals surface area contributed by atoms with Crippen LogP contribution in [0.4, 0.5) is 4.39 Å². The van der Waals surface area contributed by atoms with E-state index in [0.717, 1.165) is 19.2 Å². The average molecular weight is 224 g/mol. The second-order valence-electron chi connectivity index (χ2n) is 3.83. The normalized spacial score (nSPS) is 19.7. The molecule has 1 atom stereocenters. The average Bonchev–Trinajstić information content (AvgIpc) is 2.78. The molecule has 86 valence electrons. The van der Waals surface area contributed by atoms with Gasteiger partial charge in [-0.1, -0.05) is 0 Å². The van der Waals surface area contributed by atoms with Crippen molar-refractivity contribution in [1.82, 2.24) is 10.3 Å². The predicted octanol–water partition coefficient (Wildman–Crippen LogP) is 0.987. The van der Waals surface area contributed by atoms with E-state index >= 15 is 0 Å². The molecule has 4 nitrogen and oxygen atoms in total. The summed E-state index contributed by atoms with van der Waals surface area (Å²) < 4.78 is 18.0. The van der Waals surface area contributed by atoms with E-state index in [4.69, 9.17) is 4.74 Å². The quantitative estimate of drug-likeness (QED) is 0.832. The lowest BCUT2D eigenvalue weighted by atomic mass is 10.1. The van der Waals surface area contributed by atoms with Crippen molar-refractivity contribution in [3.63, 3.8) is 0 Å². The van der Waals surface area contributed by atoms with Gasteiger partial charge in [0.05, 0.1) is 18.4 Å². The van der Waals surface area contributed by atoms with E-state index in [1.54, 1.807) is 0 Å². The number of hydrogen-bond donors (Lipinski definition) is 1. The highest BCUT2D eigenvalue weighted by molar-refractivity contribution is 5.93. The first kappa shape index (κ1) is 11.0. The van der Waals surface area contributed by atoms with Gasteiger partial charge in [0.2, 0.25) is 0 Å². The van der Waals surface area contributed by atoms with Crippen LogP contribution < -0.4 is 5.32 Å². The lowest BCUT2D eigenvalue weighted by Gasteiger charge is -2.09. The Morgan fingerprint density at radius 2 is 2.50 bits per heavy atom. The maximum atomic E-state index is 12.8. The Balaban J connectivity index is 1.87. The molecule has 16 heavy (non-hydrogen) atoms. The van der Waals surface area contributed by atoms with Crippen molar-refractivity contribution in [3.8, 4) is 0 Å². The Morgan fingerprint density at radius 3 is 3.19 bits per heavy atom. The van der Waals surface area contributed by atoms with Gasteiger partial charge < -0.3 is 10.1 Å². The Hall–Kier alpha value is -1.49. The summed E-state index contributed by atoms with van der Waals surface area (Å²) in [4.78, 5) is 15.2. The number of nitrogens with zero attached hydrogens (tertiary/aromatic N) is 1. The molecule has 2 heterocycles. The van der Waals surface area contributed by atoms with Crippen molar-refractivity contribution < 1.29 is 13.9 Å². The summed E-state index contributed by atoms with van der Waals surface area (Å²) in [6.07, 6.45) is 3.38. The van der Waals surface area contributed by atoms with Crippen LogP contribution in [0.25, 0.3) is 0 Å². The first-order chi connectivity index (χ1) is 7.75. The largest absolute Gasteiger partial charge is 0.381 e. The van der Waals surface area contributed by atoms with Gasteiger partial charge in [-0.15, -0.1) is 0 Å². The number of carbonyl (C=O) groups is 1. The van der Waals surface area contributed by atoms with Gasteiger partial charge in [0.15, 0.2) is 0 Å². The number of ether oxygens (including phenoxy) is 1. The van der Waals surface area contributed by atoms with Gasteiger partial charge >= 0.3 is 0 Å². The minimum atomic E-state index is -0.503. The van der Waals surface area contributed by atoms with E-state index in [-0.39, 0.29) is 11.5 Å². The lowest BCUT2D eigenvalue weighted by Crippen LogP contribution is -2.29. The summed E-state index contributed by atoms with van der Waals surface area (Å²) >= 11 is 0. The minimum absolute atomic E-state index is 0.249. The molecule has 0 unspecified atom stereocenters. The van der Waals surface area contributed by atoms with Crippen LogP contribution >= 0.6 is 0 Å². The zero-order chi connectivity index (χ0) is 11.4. The second kappa shape index (κ2) is 5.03. The van der Waals surface area contributed by atoms with Gasteiger partial charge in [-0.05, 0) is 12.5 Å². The molecule has 1 aromatic heterocycles. The van der Waals surface area contributed by atoms with Crippen LogP contribution in [0.15, 0.2) is 18.5 Å². The van der Waals surface area contributed by atoms with Crippen molar-refractivity contribution in [2.75, 3.05) is 19.8 Å². The monoisotopic (exact) mass is 224 g/mol. The van der Waals surface area contributed by atoms with Gasteiger partial charge in [0.25, 0.3) is 5.91 Å². The molecular formula is C11H13FN2O2. The van der Waals surface area contributed by atoms with Gasteiger partial charge in [-0.2, -0.15) is 0 Å². The van der Waals surface area contributed by atoms with Crippen LogP contribution in [0.1, 0.15) is 16.8 Å². The molecule has 0 saturated carbocycles. The number of aromatic nitrogens is 1. The molecule has 1 amide bonds. The number of pyridine rings is 1. The first-order valence-corrected chi connectivity index (χ1v) is 5.22. The highest BCUT2D eigenvalue weighted by Crippen LogP contribution is 2.11. The minimum Gasteiger partial charge on any atom is -0.381 e. The fourth-order valence-corrected chi connectivity index (χ4v) is 1.62. The molecular weight excluding hydrogens is 211 g/mol. The van der Waals surface area contributed by atoms with Crippen molar-refractivity contribution >= 4 is 5.91 Å². The van der Waals surface area contributed by atoms with E-state index in [9.17, 15) is 9.18 Å². The molecule has 2 rings (SSSR count). The Morgan fingerprint density at radius 1 is 1.62 bits per heavy atom. The predicted molar refractivity (Wildman–Crippen MR) is 55.5 cm³/mol. The summed E-state index contributed by atoms with van der Waals surface area (Å²) in [6, 6.07) is 1.17. The van der Waals surface area contributed by atoms with Gasteiger partial charge in [-0.3, -0.25) is 9.78 Å². The smallest absolute Gasteiger partial charge is 0.252 e. The van der Waals surface area contributed by atoms with Crippen molar-refractivity contribution in [2.45, 2.75) is 6.42 Å². The Bertz CT molecular complexity index is 378. The number of rotatable bonds is 3. The lowest BCUT2D eigenvalue weighted by molar-refractivity contribution is 0.0944. The number of hydrogen-bond acceptors (Lipinski definition) is 3. The Labute approximate surface area is 92.8 Å². The maximum Gasteiger partial charge on any atom is 0.252 e. The molecule has 1 aliphatic rings. The molecule has 5 heteroatoms. The van der Waals surface area contributed by atoms with Gasteiger partial charge in [0, 0.05) is 25.3 Å². The van der Waals surface area contributed by atoms with E-state index in [0.29, 0.717) is 19.1 Å². The van der Waals surface area contributed by atoms with Crippen LogP contribution in [0.3, 0.4) is 0 Å². The number of nitrogens with one attached hydrogen (secondary N) is 1. The second-order valence-corrected chi connectivity index (χ2v) is 3.83. The van der Waals surface area contributed by atoms with Crippen LogP contribution in [-0.4, -0.2) is 30.6 Å². The molecule has 1 saturated heterocycles. The summed E-state index contributed by atoms with van der Waals surface area (Å²) in [5.74, 6) is -0.429. The molecule has 1 aromatic rings. The van der Waals surface area contributed by atoms with Crippen molar-refractivity contribution in [2.24, 2.45) is 5.92 Å². The standard InChI is InChI=1S/C11H13FN2O2/c12-10-3-9(5-13-6-10)11(15)14-4-8-1-2-16-7-8/h3,5-6,8H,1-2,4,7H2,(H,14,15)/t8-/m1/s1. The summed E-state index contributed by atoms with van der Waals surface area (Å²) in [5, 5.41) is 2.74. The van der Waals surface area contributed by atoms with Crippen molar-refractivity contribution in [1.29, 1.82) is 0 Å². The highest BCUT2D eigenvalue weighted by Gasteiger charge is 2.16. The third kappa shape index (κ3) is 2.76. The molecule has 0 radical (unpaired) electrons. The van der Waals surface area contributed by atoms with Crippen LogP contribution in [0, 0.1) is 11.7 Å². The maximum absolute atomic E-state index is 12.8. The number of halogens is 1. The van der Waals surface area contributed by atoms with Gasteiger partial charge in [-0.25, -0.2) is 4.39 Å². The van der Waals surface area contributed by atoms with Gasteiger partial charge in [0.1, 0.15) is 5.82 Å².